The van der Waals surface area contributed by atoms with Gasteiger partial charge in [-0.15, -0.1) is 0 Å². The maximum atomic E-state index is 12.1. The van der Waals surface area contributed by atoms with Crippen LogP contribution in [-0.2, 0) is 6.42 Å². The largest absolute Gasteiger partial charge is 0.370 e. The molecule has 0 bridgehead atoms. The number of aromatic nitrogens is 1. The third-order valence-corrected chi connectivity index (χ3v) is 3.66. The number of rotatable bonds is 6. The van der Waals surface area contributed by atoms with Gasteiger partial charge in [0.1, 0.15) is 5.82 Å². The Bertz CT molecular complexity index is 459. The van der Waals surface area contributed by atoms with Crippen LogP contribution in [-0.4, -0.2) is 24.0 Å². The minimum absolute atomic E-state index is 0.00959. The normalized spacial score (nSPS) is 21.0. The topological polar surface area (TPSA) is 54.0 Å². The van der Waals surface area contributed by atoms with Crippen molar-refractivity contribution < 1.29 is 4.79 Å². The first kappa shape index (κ1) is 13.8. The molecule has 104 valence electrons. The molecule has 1 aromatic rings. The smallest absolute Gasteiger partial charge is 0.251 e. The zero-order valence-electron chi connectivity index (χ0n) is 12.0. The number of hydrogen-bond acceptors (Lipinski definition) is 3. The van der Waals surface area contributed by atoms with Gasteiger partial charge < -0.3 is 10.6 Å². The van der Waals surface area contributed by atoms with Crippen molar-refractivity contribution in [1.29, 1.82) is 0 Å². The molecular weight excluding hydrogens is 238 g/mol. The van der Waals surface area contributed by atoms with Crippen molar-refractivity contribution in [3.63, 3.8) is 0 Å². The molecular formula is C15H23N3O. The molecule has 4 heteroatoms. The van der Waals surface area contributed by atoms with Crippen molar-refractivity contribution in [2.24, 2.45) is 11.8 Å². The Morgan fingerprint density at radius 1 is 1.42 bits per heavy atom. The Morgan fingerprint density at radius 2 is 2.16 bits per heavy atom. The van der Waals surface area contributed by atoms with Gasteiger partial charge in [-0.1, -0.05) is 13.8 Å². The lowest BCUT2D eigenvalue weighted by Crippen LogP contribution is -2.26. The summed E-state index contributed by atoms with van der Waals surface area (Å²) in [6.45, 7) is 7.89. The lowest BCUT2D eigenvalue weighted by Gasteiger charge is -2.09. The summed E-state index contributed by atoms with van der Waals surface area (Å²) in [7, 11) is 0. The molecule has 1 aliphatic carbocycles. The number of hydrogen-bond donors (Lipinski definition) is 2. The van der Waals surface area contributed by atoms with Crippen molar-refractivity contribution in [1.82, 2.24) is 10.3 Å². The molecule has 1 heterocycles. The number of carbonyl (C=O) groups excluding carboxylic acids is 1. The molecule has 0 radical (unpaired) electrons. The van der Waals surface area contributed by atoms with Crippen LogP contribution >= 0.6 is 0 Å². The van der Waals surface area contributed by atoms with E-state index >= 15 is 0 Å². The van der Waals surface area contributed by atoms with Crippen LogP contribution in [0.15, 0.2) is 12.1 Å². The predicted molar refractivity (Wildman–Crippen MR) is 77.4 cm³/mol. The maximum absolute atomic E-state index is 12.1. The van der Waals surface area contributed by atoms with E-state index in [1.54, 1.807) is 0 Å². The Hall–Kier alpha value is -1.58. The van der Waals surface area contributed by atoms with E-state index in [4.69, 9.17) is 0 Å². The average molecular weight is 261 g/mol. The molecule has 19 heavy (non-hydrogen) atoms. The molecule has 1 aromatic heterocycles. The second kappa shape index (κ2) is 6.04. The summed E-state index contributed by atoms with van der Waals surface area (Å²) >= 11 is 0. The van der Waals surface area contributed by atoms with Crippen LogP contribution < -0.4 is 10.6 Å². The number of nitrogens with one attached hydrogen (secondary N) is 2. The highest BCUT2D eigenvalue weighted by atomic mass is 16.1. The van der Waals surface area contributed by atoms with Gasteiger partial charge in [-0.25, -0.2) is 4.98 Å². The van der Waals surface area contributed by atoms with Gasteiger partial charge in [0.25, 0.3) is 5.91 Å². The first-order valence-electron chi connectivity index (χ1n) is 7.17. The molecule has 2 atom stereocenters. The summed E-state index contributed by atoms with van der Waals surface area (Å²) in [4.78, 5) is 16.6. The summed E-state index contributed by atoms with van der Waals surface area (Å²) in [6, 6.07) is 3.71. The minimum Gasteiger partial charge on any atom is -0.370 e. The fourth-order valence-corrected chi connectivity index (χ4v) is 2.18. The van der Waals surface area contributed by atoms with E-state index in [1.165, 1.54) is 6.42 Å². The van der Waals surface area contributed by atoms with Crippen molar-refractivity contribution >= 4 is 11.7 Å². The summed E-state index contributed by atoms with van der Waals surface area (Å²) in [5.74, 6) is 2.23. The zero-order valence-corrected chi connectivity index (χ0v) is 12.0. The average Bonchev–Trinajstić information content (AvgIpc) is 3.12. The van der Waals surface area contributed by atoms with Gasteiger partial charge in [0.2, 0.25) is 0 Å². The van der Waals surface area contributed by atoms with Gasteiger partial charge in [0, 0.05) is 24.3 Å². The molecule has 4 nitrogen and oxygen atoms in total. The summed E-state index contributed by atoms with van der Waals surface area (Å²) < 4.78 is 0. The fourth-order valence-electron chi connectivity index (χ4n) is 2.18. The zero-order chi connectivity index (χ0) is 13.8. The number of anilines is 1. The molecule has 2 rings (SSSR count). The molecule has 1 aliphatic rings. The van der Waals surface area contributed by atoms with Gasteiger partial charge in [0.05, 0.1) is 0 Å². The third-order valence-electron chi connectivity index (χ3n) is 3.66. The second-order valence-electron chi connectivity index (χ2n) is 5.30. The first-order valence-corrected chi connectivity index (χ1v) is 7.17. The monoisotopic (exact) mass is 261 g/mol. The summed E-state index contributed by atoms with van der Waals surface area (Å²) in [5.41, 5.74) is 1.65. The number of pyridine rings is 1. The van der Waals surface area contributed by atoms with E-state index < -0.39 is 0 Å². The van der Waals surface area contributed by atoms with E-state index in [1.807, 2.05) is 26.0 Å². The number of nitrogens with zero attached hydrogens (tertiary/aromatic N) is 1. The van der Waals surface area contributed by atoms with E-state index in [2.05, 4.69) is 22.5 Å². The Labute approximate surface area is 115 Å². The number of aryl methyl sites for hydroxylation is 1. The van der Waals surface area contributed by atoms with Gasteiger partial charge in [-0.2, -0.15) is 0 Å². The van der Waals surface area contributed by atoms with Gasteiger partial charge >= 0.3 is 0 Å². The lowest BCUT2D eigenvalue weighted by molar-refractivity contribution is 0.0951. The van der Waals surface area contributed by atoms with Crippen LogP contribution in [0.25, 0.3) is 0 Å². The molecule has 0 spiro atoms. The van der Waals surface area contributed by atoms with Crippen LogP contribution in [0.3, 0.4) is 0 Å². The van der Waals surface area contributed by atoms with E-state index in [9.17, 15) is 4.79 Å². The van der Waals surface area contributed by atoms with Crippen LogP contribution in [0.1, 0.15) is 43.2 Å². The molecule has 2 N–H and O–H groups in total. The lowest BCUT2D eigenvalue weighted by atomic mass is 10.1. The SMILES string of the molecule is CCNc1cc(C(=O)NCC2CC2C)cc(CC)n1. The first-order chi connectivity index (χ1) is 9.13. The van der Waals surface area contributed by atoms with Crippen LogP contribution in [0.2, 0.25) is 0 Å². The highest BCUT2D eigenvalue weighted by Gasteiger charge is 2.32. The minimum atomic E-state index is 0.00959. The van der Waals surface area contributed by atoms with Gasteiger partial charge in [-0.3, -0.25) is 4.79 Å². The van der Waals surface area contributed by atoms with Gasteiger partial charge in [0.15, 0.2) is 0 Å². The maximum Gasteiger partial charge on any atom is 0.251 e. The standard InChI is InChI=1S/C15H23N3O/c1-4-13-7-11(8-14(18-13)16-5-2)15(19)17-9-12-6-10(12)3/h7-8,10,12H,4-6,9H2,1-3H3,(H,16,18)(H,17,19). The van der Waals surface area contributed by atoms with Crippen molar-refractivity contribution in [3.8, 4) is 0 Å². The van der Waals surface area contributed by atoms with Crippen molar-refractivity contribution in [3.05, 3.63) is 23.4 Å². The molecule has 1 amide bonds. The van der Waals surface area contributed by atoms with Crippen LogP contribution in [0, 0.1) is 11.8 Å². The summed E-state index contributed by atoms with van der Waals surface area (Å²) in [6.07, 6.45) is 2.07. The Kier molecular flexibility index (Phi) is 4.40. The third kappa shape index (κ3) is 3.69. The van der Waals surface area contributed by atoms with Gasteiger partial charge in [-0.05, 0) is 43.7 Å². The van der Waals surface area contributed by atoms with Crippen LogP contribution in [0.5, 0.6) is 0 Å². The van der Waals surface area contributed by atoms with E-state index in [-0.39, 0.29) is 5.91 Å². The Morgan fingerprint density at radius 3 is 2.74 bits per heavy atom. The van der Waals surface area contributed by atoms with Crippen LogP contribution in [0.4, 0.5) is 5.82 Å². The molecule has 1 saturated carbocycles. The molecule has 0 aromatic carbocycles. The Balaban J connectivity index is 2.04. The molecule has 0 saturated heterocycles. The predicted octanol–water partition coefficient (Wildman–Crippen LogP) is 2.46. The van der Waals surface area contributed by atoms with Crippen molar-refractivity contribution in [2.45, 2.75) is 33.6 Å². The highest BCUT2D eigenvalue weighted by molar-refractivity contribution is 5.95. The number of carbonyl (C=O) groups is 1. The molecule has 2 unspecified atom stereocenters. The second-order valence-corrected chi connectivity index (χ2v) is 5.30. The number of amides is 1. The quantitative estimate of drug-likeness (QED) is 0.827. The summed E-state index contributed by atoms with van der Waals surface area (Å²) in [5, 5.41) is 6.19. The van der Waals surface area contributed by atoms with E-state index in [0.29, 0.717) is 11.5 Å². The van der Waals surface area contributed by atoms with Crippen molar-refractivity contribution in [2.75, 3.05) is 18.4 Å². The fraction of sp³-hybridized carbons (Fsp3) is 0.600. The highest BCUT2D eigenvalue weighted by Crippen LogP contribution is 2.36. The molecule has 1 fully saturated rings. The molecule has 0 aliphatic heterocycles. The van der Waals surface area contributed by atoms with E-state index in [0.717, 1.165) is 36.9 Å².